The molecule has 1 aliphatic rings. The summed E-state index contributed by atoms with van der Waals surface area (Å²) in [6.45, 7) is 0.732. The molecule has 0 bridgehead atoms. The molecule has 0 radical (unpaired) electrons. The number of hydrogen-bond donors (Lipinski definition) is 0. The third-order valence-electron chi connectivity index (χ3n) is 3.67. The molecule has 1 atom stereocenters. The third kappa shape index (κ3) is 2.41. The number of carbonyl (C=O) groups excluding carboxylic acids is 1. The topological polar surface area (TPSA) is 33.2 Å². The average Bonchev–Trinajstić information content (AvgIpc) is 2.97. The number of rotatable bonds is 2. The van der Waals surface area contributed by atoms with Crippen LogP contribution >= 0.6 is 0 Å². The van der Waals surface area contributed by atoms with E-state index < -0.39 is 0 Å². The summed E-state index contributed by atoms with van der Waals surface area (Å²) in [5.41, 5.74) is 1.59. The first-order valence-electron chi connectivity index (χ1n) is 6.72. The molecule has 0 spiro atoms. The van der Waals surface area contributed by atoms with Crippen molar-refractivity contribution in [1.82, 2.24) is 9.88 Å². The summed E-state index contributed by atoms with van der Waals surface area (Å²) in [5, 5.41) is 0. The van der Waals surface area contributed by atoms with E-state index in [1.807, 2.05) is 17.0 Å². The van der Waals surface area contributed by atoms with Crippen LogP contribution in [0.25, 0.3) is 0 Å². The lowest BCUT2D eigenvalue weighted by atomic mass is 10.1. The van der Waals surface area contributed by atoms with Gasteiger partial charge in [0.2, 0.25) is 0 Å². The van der Waals surface area contributed by atoms with Crippen molar-refractivity contribution < 1.29 is 9.18 Å². The van der Waals surface area contributed by atoms with Crippen molar-refractivity contribution >= 4 is 5.91 Å². The van der Waals surface area contributed by atoms with Crippen molar-refractivity contribution in [2.24, 2.45) is 0 Å². The lowest BCUT2D eigenvalue weighted by Gasteiger charge is -2.25. The van der Waals surface area contributed by atoms with Gasteiger partial charge in [0.15, 0.2) is 0 Å². The average molecular weight is 270 g/mol. The zero-order valence-electron chi connectivity index (χ0n) is 11.0. The van der Waals surface area contributed by atoms with Crippen LogP contribution in [0.15, 0.2) is 48.8 Å². The van der Waals surface area contributed by atoms with Gasteiger partial charge in [-0.25, -0.2) is 4.39 Å². The second-order valence-corrected chi connectivity index (χ2v) is 4.95. The Hall–Kier alpha value is -2.23. The number of aromatic nitrogens is 1. The van der Waals surface area contributed by atoms with Gasteiger partial charge in [0.05, 0.1) is 6.04 Å². The van der Waals surface area contributed by atoms with E-state index >= 15 is 0 Å². The van der Waals surface area contributed by atoms with Crippen LogP contribution < -0.4 is 0 Å². The summed E-state index contributed by atoms with van der Waals surface area (Å²) in [7, 11) is 0. The Bertz CT molecular complexity index is 598. The minimum Gasteiger partial charge on any atom is -0.332 e. The van der Waals surface area contributed by atoms with Gasteiger partial charge in [-0.05, 0) is 48.7 Å². The first-order chi connectivity index (χ1) is 9.75. The smallest absolute Gasteiger partial charge is 0.254 e. The summed E-state index contributed by atoms with van der Waals surface area (Å²) in [6.07, 6.45) is 5.45. The highest BCUT2D eigenvalue weighted by Gasteiger charge is 2.30. The molecule has 2 aromatic rings. The molecule has 0 saturated carbocycles. The maximum Gasteiger partial charge on any atom is 0.254 e. The third-order valence-corrected chi connectivity index (χ3v) is 3.67. The van der Waals surface area contributed by atoms with E-state index in [1.54, 1.807) is 12.4 Å². The van der Waals surface area contributed by atoms with Crippen molar-refractivity contribution in [1.29, 1.82) is 0 Å². The number of halogens is 1. The van der Waals surface area contributed by atoms with Gasteiger partial charge < -0.3 is 4.90 Å². The Morgan fingerprint density at radius 1 is 1.25 bits per heavy atom. The van der Waals surface area contributed by atoms with E-state index in [9.17, 15) is 9.18 Å². The Labute approximate surface area is 117 Å². The Morgan fingerprint density at radius 2 is 2.05 bits per heavy atom. The Balaban J connectivity index is 1.85. The Kier molecular flexibility index (Phi) is 3.46. The van der Waals surface area contributed by atoms with Gasteiger partial charge in [-0.15, -0.1) is 0 Å². The molecule has 1 saturated heterocycles. The predicted octanol–water partition coefficient (Wildman–Crippen LogP) is 3.20. The summed E-state index contributed by atoms with van der Waals surface area (Å²) in [6, 6.07) is 9.67. The van der Waals surface area contributed by atoms with Crippen LogP contribution in [0.4, 0.5) is 4.39 Å². The number of nitrogens with zero attached hydrogens (tertiary/aromatic N) is 2. The van der Waals surface area contributed by atoms with Crippen LogP contribution in [-0.4, -0.2) is 22.3 Å². The lowest BCUT2D eigenvalue weighted by Crippen LogP contribution is -2.30. The molecule has 1 aliphatic heterocycles. The van der Waals surface area contributed by atoms with E-state index in [0.717, 1.165) is 24.9 Å². The lowest BCUT2D eigenvalue weighted by molar-refractivity contribution is 0.0735. The molecule has 0 aliphatic carbocycles. The second kappa shape index (κ2) is 5.41. The number of benzene rings is 1. The molecule has 102 valence electrons. The van der Waals surface area contributed by atoms with Gasteiger partial charge in [-0.1, -0.05) is 6.07 Å². The fourth-order valence-corrected chi connectivity index (χ4v) is 2.69. The highest BCUT2D eigenvalue weighted by Crippen LogP contribution is 2.32. The zero-order valence-corrected chi connectivity index (χ0v) is 11.0. The van der Waals surface area contributed by atoms with Crippen LogP contribution in [-0.2, 0) is 0 Å². The first kappa shape index (κ1) is 12.8. The summed E-state index contributed by atoms with van der Waals surface area (Å²) in [4.78, 5) is 18.5. The van der Waals surface area contributed by atoms with E-state index in [1.165, 1.54) is 24.3 Å². The minimum absolute atomic E-state index is 0.0450. The van der Waals surface area contributed by atoms with Crippen molar-refractivity contribution in [2.75, 3.05) is 6.54 Å². The molecule has 3 rings (SSSR count). The molecular weight excluding hydrogens is 255 g/mol. The van der Waals surface area contributed by atoms with Crippen molar-refractivity contribution in [3.8, 4) is 0 Å². The number of amides is 1. The van der Waals surface area contributed by atoms with Crippen molar-refractivity contribution in [3.63, 3.8) is 0 Å². The van der Waals surface area contributed by atoms with Gasteiger partial charge in [0, 0.05) is 24.5 Å². The zero-order chi connectivity index (χ0) is 13.9. The normalized spacial score (nSPS) is 18.2. The van der Waals surface area contributed by atoms with Gasteiger partial charge in [0.25, 0.3) is 5.91 Å². The largest absolute Gasteiger partial charge is 0.332 e. The molecule has 1 aromatic heterocycles. The molecule has 1 aromatic carbocycles. The number of likely N-dealkylation sites (tertiary alicyclic amines) is 1. The number of carbonyl (C=O) groups is 1. The molecule has 0 N–H and O–H groups in total. The fraction of sp³-hybridized carbons (Fsp3) is 0.250. The van der Waals surface area contributed by atoms with Crippen LogP contribution in [0.2, 0.25) is 0 Å². The number of hydrogen-bond acceptors (Lipinski definition) is 2. The highest BCUT2D eigenvalue weighted by atomic mass is 19.1. The highest BCUT2D eigenvalue weighted by molar-refractivity contribution is 5.94. The SMILES string of the molecule is O=C(c1ccc(F)cc1)N1CCCC1c1cccnc1. The molecule has 3 nitrogen and oxygen atoms in total. The molecule has 2 heterocycles. The van der Waals surface area contributed by atoms with E-state index in [-0.39, 0.29) is 17.8 Å². The maximum absolute atomic E-state index is 12.9. The monoisotopic (exact) mass is 270 g/mol. The summed E-state index contributed by atoms with van der Waals surface area (Å²) in [5.74, 6) is -0.372. The quantitative estimate of drug-likeness (QED) is 0.839. The van der Waals surface area contributed by atoms with E-state index in [0.29, 0.717) is 5.56 Å². The van der Waals surface area contributed by atoms with E-state index in [2.05, 4.69) is 4.98 Å². The van der Waals surface area contributed by atoms with Crippen LogP contribution in [0.5, 0.6) is 0 Å². The maximum atomic E-state index is 12.9. The fourth-order valence-electron chi connectivity index (χ4n) is 2.69. The van der Waals surface area contributed by atoms with Crippen LogP contribution in [0.1, 0.15) is 34.8 Å². The summed E-state index contributed by atoms with van der Waals surface area (Å²) < 4.78 is 12.9. The molecule has 20 heavy (non-hydrogen) atoms. The van der Waals surface area contributed by atoms with Crippen molar-refractivity contribution in [2.45, 2.75) is 18.9 Å². The van der Waals surface area contributed by atoms with Crippen LogP contribution in [0, 0.1) is 5.82 Å². The Morgan fingerprint density at radius 3 is 2.75 bits per heavy atom. The molecule has 4 heteroatoms. The standard InChI is InChI=1S/C16H15FN2O/c17-14-7-5-12(6-8-14)16(20)19-10-2-4-15(19)13-3-1-9-18-11-13/h1,3,5-9,11,15H,2,4,10H2. The van der Waals surface area contributed by atoms with Crippen LogP contribution in [0.3, 0.4) is 0 Å². The van der Waals surface area contributed by atoms with Crippen molar-refractivity contribution in [3.05, 3.63) is 65.7 Å². The molecule has 1 fully saturated rings. The minimum atomic E-state index is -0.327. The van der Waals surface area contributed by atoms with Gasteiger partial charge >= 0.3 is 0 Å². The molecule has 1 unspecified atom stereocenters. The summed E-state index contributed by atoms with van der Waals surface area (Å²) >= 11 is 0. The molecular formula is C16H15FN2O. The van der Waals surface area contributed by atoms with E-state index in [4.69, 9.17) is 0 Å². The van der Waals surface area contributed by atoms with Gasteiger partial charge in [-0.2, -0.15) is 0 Å². The van der Waals surface area contributed by atoms with Gasteiger partial charge in [0.1, 0.15) is 5.82 Å². The number of pyridine rings is 1. The second-order valence-electron chi connectivity index (χ2n) is 4.95. The predicted molar refractivity (Wildman–Crippen MR) is 73.6 cm³/mol. The van der Waals surface area contributed by atoms with Gasteiger partial charge in [-0.3, -0.25) is 9.78 Å². The molecule has 1 amide bonds. The first-order valence-corrected chi connectivity index (χ1v) is 6.72.